The molecule has 0 radical (unpaired) electrons. The molecule has 0 aliphatic heterocycles. The van der Waals surface area contributed by atoms with E-state index in [0.717, 1.165) is 0 Å². The molecular weight excluding hydrogens is 635 g/mol. The summed E-state index contributed by atoms with van der Waals surface area (Å²) in [4.78, 5) is 22.2. The fourth-order valence-corrected chi connectivity index (χ4v) is 2.54. The second-order valence-corrected chi connectivity index (χ2v) is 7.30. The van der Waals surface area contributed by atoms with Crippen LogP contribution in [-0.4, -0.2) is 71.0 Å². The maximum Gasteiger partial charge on any atom is 0.460 e. The summed E-state index contributed by atoms with van der Waals surface area (Å²) >= 11 is 0. The van der Waals surface area contributed by atoms with Crippen LogP contribution in [0.3, 0.4) is 0 Å². The summed E-state index contributed by atoms with van der Waals surface area (Å²) in [5, 5.41) is 17.8. The first kappa shape index (κ1) is 35.3. The second-order valence-electron chi connectivity index (χ2n) is 7.30. The third-order valence-electron chi connectivity index (χ3n) is 4.71. The molecule has 0 saturated carbocycles. The van der Waals surface area contributed by atoms with Crippen molar-refractivity contribution >= 4 is 11.9 Å². The van der Waals surface area contributed by atoms with E-state index in [9.17, 15) is 84.2 Å². The molecule has 41 heavy (non-hydrogen) atoms. The van der Waals surface area contributed by atoms with Crippen LogP contribution < -0.4 is 9.47 Å². The zero-order valence-electron chi connectivity index (χ0n) is 18.6. The second kappa shape index (κ2) is 10.3. The molecule has 6 nitrogen and oxygen atoms in total. The molecule has 0 aromatic heterocycles. The molecular formula is C18H7F17O6. The number of benzene rings is 1. The van der Waals surface area contributed by atoms with Gasteiger partial charge in [0.05, 0.1) is 12.7 Å². The molecule has 234 valence electrons. The molecule has 0 spiro atoms. The number of carboxylic acid groups (broad SMARTS) is 2. The van der Waals surface area contributed by atoms with E-state index in [1.54, 1.807) is 0 Å². The lowest BCUT2D eigenvalue weighted by atomic mass is 9.91. The van der Waals surface area contributed by atoms with Crippen LogP contribution >= 0.6 is 0 Å². The first-order valence-corrected chi connectivity index (χ1v) is 9.24. The molecule has 23 heteroatoms. The molecule has 0 heterocycles. The van der Waals surface area contributed by atoms with E-state index >= 15 is 0 Å². The Labute approximate surface area is 212 Å². The van der Waals surface area contributed by atoms with E-state index in [4.69, 9.17) is 10.2 Å². The third-order valence-corrected chi connectivity index (χ3v) is 4.71. The van der Waals surface area contributed by atoms with E-state index in [1.807, 2.05) is 0 Å². The van der Waals surface area contributed by atoms with E-state index in [2.05, 4.69) is 9.47 Å². The summed E-state index contributed by atoms with van der Waals surface area (Å²) in [6.07, 6.45) is -7.88. The van der Waals surface area contributed by atoms with Crippen LogP contribution in [0.15, 0.2) is 24.0 Å². The molecule has 0 amide bonds. The minimum atomic E-state index is -8.78. The minimum Gasteiger partial charge on any atom is -0.492 e. The Morgan fingerprint density at radius 2 is 1.07 bits per heavy atom. The highest BCUT2D eigenvalue weighted by atomic mass is 19.4. The lowest BCUT2D eigenvalue weighted by molar-refractivity contribution is -0.451. The molecule has 1 aromatic carbocycles. The van der Waals surface area contributed by atoms with Crippen molar-refractivity contribution < 1.29 is 104 Å². The molecule has 0 fully saturated rings. The first-order chi connectivity index (χ1) is 18.0. The SMILES string of the molecule is COc1c(OC(F)=C(F)C(F)(F)C(F)(F)C(F)(F)C(F)(F)C(F)(F)C(F)(F)C(F)(F)F)cc(C(=O)O)cc1C(=O)O. The molecule has 0 aliphatic rings. The van der Waals surface area contributed by atoms with Gasteiger partial charge in [-0.05, 0) is 12.1 Å². The molecule has 0 atom stereocenters. The van der Waals surface area contributed by atoms with E-state index in [1.165, 1.54) is 0 Å². The van der Waals surface area contributed by atoms with E-state index in [-0.39, 0.29) is 12.1 Å². The minimum absolute atomic E-state index is 0.0840. The largest absolute Gasteiger partial charge is 0.492 e. The number of halogens is 17. The highest BCUT2D eigenvalue weighted by Gasteiger charge is 2.93. The number of carbonyl (C=O) groups is 2. The Morgan fingerprint density at radius 1 is 0.659 bits per heavy atom. The van der Waals surface area contributed by atoms with E-state index in [0.29, 0.717) is 7.11 Å². The molecule has 0 unspecified atom stereocenters. The molecule has 0 saturated heterocycles. The molecule has 1 rings (SSSR count). The number of alkyl halides is 15. The lowest BCUT2D eigenvalue weighted by Gasteiger charge is -2.41. The number of carboxylic acids is 2. The van der Waals surface area contributed by atoms with Gasteiger partial charge in [-0.2, -0.15) is 74.6 Å². The quantitative estimate of drug-likeness (QED) is 0.201. The highest BCUT2D eigenvalue weighted by molar-refractivity contribution is 5.97. The van der Waals surface area contributed by atoms with Crippen LogP contribution in [-0.2, 0) is 0 Å². The van der Waals surface area contributed by atoms with Crippen LogP contribution in [0.2, 0.25) is 0 Å². The van der Waals surface area contributed by atoms with Gasteiger partial charge >= 0.3 is 59.7 Å². The molecule has 1 aromatic rings. The van der Waals surface area contributed by atoms with Gasteiger partial charge in [-0.15, -0.1) is 0 Å². The van der Waals surface area contributed by atoms with Crippen LogP contribution in [0.4, 0.5) is 74.6 Å². The summed E-state index contributed by atoms with van der Waals surface area (Å²) in [5.74, 6) is -63.0. The standard InChI is InChI=1S/C18H7F17O6/c1-40-7-5(11(38)39)2-4(10(36)37)3-6(7)41-9(20)8(19)12(21,22)13(23,24)14(25,26)15(27,28)16(29,30)17(31,32)18(33,34)35/h2-3H,1H3,(H,36,37)(H,38,39). The topological polar surface area (TPSA) is 93.1 Å². The zero-order valence-corrected chi connectivity index (χ0v) is 18.6. The number of aromatic carboxylic acids is 2. The normalized spacial score (nSPS) is 14.9. The van der Waals surface area contributed by atoms with Gasteiger partial charge in [-0.1, -0.05) is 0 Å². The summed E-state index contributed by atoms with van der Waals surface area (Å²) in [6, 6.07) is -3.80. The van der Waals surface area contributed by atoms with Crippen molar-refractivity contribution in [3.05, 3.63) is 35.1 Å². The molecule has 0 bridgehead atoms. The summed E-state index contributed by atoms with van der Waals surface area (Å²) in [7, 11) is 0.468. The number of hydrogen-bond acceptors (Lipinski definition) is 4. The number of allylic oxidation sites excluding steroid dienone is 1. The number of methoxy groups -OCH3 is 1. The molecule has 0 aliphatic carbocycles. The zero-order chi connectivity index (χ0) is 32.9. The van der Waals surface area contributed by atoms with Gasteiger partial charge in [0.25, 0.3) is 0 Å². The lowest BCUT2D eigenvalue weighted by Crippen LogP contribution is -2.72. The van der Waals surface area contributed by atoms with Gasteiger partial charge in [0.15, 0.2) is 11.5 Å². The van der Waals surface area contributed by atoms with Gasteiger partial charge in [0.2, 0.25) is 5.83 Å². The third kappa shape index (κ3) is 5.24. The van der Waals surface area contributed by atoms with Crippen LogP contribution in [0.5, 0.6) is 11.5 Å². The van der Waals surface area contributed by atoms with Gasteiger partial charge in [-0.25, -0.2) is 9.59 Å². The maximum atomic E-state index is 14.0. The average Bonchev–Trinajstić information content (AvgIpc) is 2.81. The Kier molecular flexibility index (Phi) is 8.87. The Balaban J connectivity index is 3.80. The Morgan fingerprint density at radius 3 is 1.44 bits per heavy atom. The first-order valence-electron chi connectivity index (χ1n) is 9.24. The van der Waals surface area contributed by atoms with Crippen molar-refractivity contribution in [2.24, 2.45) is 0 Å². The molecule has 2 N–H and O–H groups in total. The predicted octanol–water partition coefficient (Wildman–Crippen LogP) is 6.95. The Hall–Kier alpha value is -3.69. The van der Waals surface area contributed by atoms with Crippen LogP contribution in [0.1, 0.15) is 20.7 Å². The number of rotatable bonds is 11. The summed E-state index contributed by atoms with van der Waals surface area (Å²) in [6.45, 7) is 0. The highest BCUT2D eigenvalue weighted by Crippen LogP contribution is 2.63. The van der Waals surface area contributed by atoms with Gasteiger partial charge in [0.1, 0.15) is 5.56 Å². The Bertz CT molecular complexity index is 1230. The smallest absolute Gasteiger partial charge is 0.460 e. The summed E-state index contributed by atoms with van der Waals surface area (Å²) < 4.78 is 234. The fraction of sp³-hybridized carbons (Fsp3) is 0.444. The van der Waals surface area contributed by atoms with Crippen molar-refractivity contribution in [2.75, 3.05) is 7.11 Å². The van der Waals surface area contributed by atoms with Crippen molar-refractivity contribution in [2.45, 2.75) is 41.7 Å². The van der Waals surface area contributed by atoms with Crippen molar-refractivity contribution in [3.63, 3.8) is 0 Å². The van der Waals surface area contributed by atoms with Gasteiger partial charge in [-0.3, -0.25) is 0 Å². The maximum absolute atomic E-state index is 14.0. The van der Waals surface area contributed by atoms with Crippen LogP contribution in [0, 0.1) is 0 Å². The van der Waals surface area contributed by atoms with Crippen LogP contribution in [0.25, 0.3) is 0 Å². The fourth-order valence-electron chi connectivity index (χ4n) is 2.54. The van der Waals surface area contributed by atoms with Crippen molar-refractivity contribution in [3.8, 4) is 11.5 Å². The predicted molar refractivity (Wildman–Crippen MR) is 92.5 cm³/mol. The monoisotopic (exact) mass is 642 g/mol. The van der Waals surface area contributed by atoms with Gasteiger partial charge < -0.3 is 19.7 Å². The number of hydrogen-bond donors (Lipinski definition) is 2. The average molecular weight is 642 g/mol. The van der Waals surface area contributed by atoms with Crippen molar-refractivity contribution in [1.29, 1.82) is 0 Å². The van der Waals surface area contributed by atoms with E-state index < -0.39 is 88.1 Å². The summed E-state index contributed by atoms with van der Waals surface area (Å²) in [5.41, 5.74) is -2.63. The van der Waals surface area contributed by atoms with Crippen molar-refractivity contribution in [1.82, 2.24) is 0 Å². The number of ether oxygens (including phenoxy) is 2. The van der Waals surface area contributed by atoms with Gasteiger partial charge in [0, 0.05) is 0 Å².